The van der Waals surface area contributed by atoms with Gasteiger partial charge in [-0.25, -0.2) is 4.98 Å². The number of imidazole rings is 1. The quantitative estimate of drug-likeness (QED) is 0.624. The van der Waals surface area contributed by atoms with Crippen LogP contribution < -0.4 is 0 Å². The SMILES string of the molecule is CCC(Cc1cccc(Cn2c(C)nc3ccccc32)c1)(C(=O)O)C(=O)O. The Morgan fingerprint density at radius 3 is 2.37 bits per heavy atom. The summed E-state index contributed by atoms with van der Waals surface area (Å²) in [5.41, 5.74) is 1.81. The van der Waals surface area contributed by atoms with Gasteiger partial charge in [0.15, 0.2) is 5.41 Å². The van der Waals surface area contributed by atoms with Crippen LogP contribution in [0.25, 0.3) is 11.0 Å². The Labute approximate surface area is 157 Å². The Hall–Kier alpha value is -3.15. The minimum Gasteiger partial charge on any atom is -0.480 e. The summed E-state index contributed by atoms with van der Waals surface area (Å²) in [6.45, 7) is 4.12. The maximum Gasteiger partial charge on any atom is 0.321 e. The second-order valence-electron chi connectivity index (χ2n) is 6.78. The number of carboxylic acid groups (broad SMARTS) is 2. The molecule has 0 saturated carbocycles. The highest BCUT2D eigenvalue weighted by Gasteiger charge is 2.44. The van der Waals surface area contributed by atoms with E-state index in [0.29, 0.717) is 12.1 Å². The topological polar surface area (TPSA) is 92.4 Å². The first-order valence-corrected chi connectivity index (χ1v) is 8.84. The van der Waals surface area contributed by atoms with E-state index in [1.165, 1.54) is 0 Å². The second-order valence-corrected chi connectivity index (χ2v) is 6.78. The van der Waals surface area contributed by atoms with Gasteiger partial charge in [-0.05, 0) is 43.0 Å². The van der Waals surface area contributed by atoms with Crippen molar-refractivity contribution in [1.82, 2.24) is 9.55 Å². The zero-order valence-corrected chi connectivity index (χ0v) is 15.3. The number of carboxylic acids is 2. The number of hydrogen-bond acceptors (Lipinski definition) is 3. The molecule has 140 valence electrons. The molecule has 1 heterocycles. The van der Waals surface area contributed by atoms with Crippen molar-refractivity contribution >= 4 is 23.0 Å². The predicted molar refractivity (Wildman–Crippen MR) is 102 cm³/mol. The van der Waals surface area contributed by atoms with Crippen molar-refractivity contribution in [3.05, 3.63) is 65.5 Å². The molecule has 0 aliphatic carbocycles. The predicted octanol–water partition coefficient (Wildman–Crippen LogP) is 3.50. The largest absolute Gasteiger partial charge is 0.480 e. The Kier molecular flexibility index (Phi) is 4.99. The molecule has 0 saturated heterocycles. The lowest BCUT2D eigenvalue weighted by Gasteiger charge is -2.23. The standard InChI is InChI=1S/C21H22N2O4/c1-3-21(19(24)25,20(26)27)12-15-7-6-8-16(11-15)13-23-14(2)22-17-9-4-5-10-18(17)23/h4-11H,3,12-13H2,1-2H3,(H,24,25)(H,26,27). The third-order valence-electron chi connectivity index (χ3n) is 5.11. The van der Waals surface area contributed by atoms with E-state index in [2.05, 4.69) is 9.55 Å². The molecule has 0 fully saturated rings. The number of aliphatic carboxylic acids is 2. The Bertz CT molecular complexity index is 992. The summed E-state index contributed by atoms with van der Waals surface area (Å²) >= 11 is 0. The van der Waals surface area contributed by atoms with Crippen molar-refractivity contribution in [2.45, 2.75) is 33.2 Å². The smallest absolute Gasteiger partial charge is 0.321 e. The molecule has 0 amide bonds. The molecule has 6 heteroatoms. The molecule has 0 aliphatic rings. The van der Waals surface area contributed by atoms with Crippen molar-refractivity contribution in [3.63, 3.8) is 0 Å². The van der Waals surface area contributed by atoms with E-state index in [0.717, 1.165) is 22.4 Å². The number of para-hydroxylation sites is 2. The number of aromatic nitrogens is 2. The molecule has 0 spiro atoms. The molecule has 0 atom stereocenters. The lowest BCUT2D eigenvalue weighted by atomic mass is 9.79. The van der Waals surface area contributed by atoms with Gasteiger partial charge >= 0.3 is 11.9 Å². The molecular weight excluding hydrogens is 344 g/mol. The molecule has 6 nitrogen and oxygen atoms in total. The fourth-order valence-electron chi connectivity index (χ4n) is 3.43. The summed E-state index contributed by atoms with van der Waals surface area (Å²) in [5.74, 6) is -1.72. The van der Waals surface area contributed by atoms with E-state index >= 15 is 0 Å². The van der Waals surface area contributed by atoms with Gasteiger partial charge in [-0.2, -0.15) is 0 Å². The average Bonchev–Trinajstić information content (AvgIpc) is 2.95. The summed E-state index contributed by atoms with van der Waals surface area (Å²) < 4.78 is 2.09. The van der Waals surface area contributed by atoms with Gasteiger partial charge in [0.25, 0.3) is 0 Å². The van der Waals surface area contributed by atoms with Crippen LogP contribution in [0.4, 0.5) is 0 Å². The van der Waals surface area contributed by atoms with Crippen LogP contribution in [0.1, 0.15) is 30.3 Å². The van der Waals surface area contributed by atoms with Crippen molar-refractivity contribution in [2.75, 3.05) is 0 Å². The highest BCUT2D eigenvalue weighted by Crippen LogP contribution is 2.29. The summed E-state index contributed by atoms with van der Waals surface area (Å²) in [7, 11) is 0. The lowest BCUT2D eigenvalue weighted by Crippen LogP contribution is -2.40. The molecule has 0 aliphatic heterocycles. The van der Waals surface area contributed by atoms with Crippen LogP contribution in [0.15, 0.2) is 48.5 Å². The van der Waals surface area contributed by atoms with E-state index in [9.17, 15) is 19.8 Å². The first-order chi connectivity index (χ1) is 12.9. The molecular formula is C21H22N2O4. The van der Waals surface area contributed by atoms with E-state index in [4.69, 9.17) is 0 Å². The summed E-state index contributed by atoms with van der Waals surface area (Å²) in [4.78, 5) is 27.8. The molecule has 0 radical (unpaired) electrons. The van der Waals surface area contributed by atoms with Crippen LogP contribution in [0.2, 0.25) is 0 Å². The number of carbonyl (C=O) groups is 2. The van der Waals surface area contributed by atoms with E-state index in [-0.39, 0.29) is 12.8 Å². The monoisotopic (exact) mass is 366 g/mol. The number of aryl methyl sites for hydroxylation is 1. The van der Waals surface area contributed by atoms with Crippen LogP contribution in [-0.4, -0.2) is 31.7 Å². The Morgan fingerprint density at radius 2 is 1.70 bits per heavy atom. The maximum atomic E-state index is 11.6. The minimum absolute atomic E-state index is 0.0210. The summed E-state index contributed by atoms with van der Waals surface area (Å²) in [6.07, 6.45) is -0.0289. The average molecular weight is 366 g/mol. The minimum atomic E-state index is -1.81. The zero-order valence-electron chi connectivity index (χ0n) is 15.3. The Morgan fingerprint density at radius 1 is 1.04 bits per heavy atom. The van der Waals surface area contributed by atoms with Crippen LogP contribution in [0.3, 0.4) is 0 Å². The number of nitrogens with zero attached hydrogens (tertiary/aromatic N) is 2. The zero-order chi connectivity index (χ0) is 19.6. The fourth-order valence-corrected chi connectivity index (χ4v) is 3.43. The summed E-state index contributed by atoms with van der Waals surface area (Å²) in [6, 6.07) is 15.3. The van der Waals surface area contributed by atoms with Crippen molar-refractivity contribution < 1.29 is 19.8 Å². The molecule has 27 heavy (non-hydrogen) atoms. The highest BCUT2D eigenvalue weighted by atomic mass is 16.4. The number of rotatable bonds is 7. The van der Waals surface area contributed by atoms with Crippen LogP contribution >= 0.6 is 0 Å². The molecule has 3 aromatic rings. The van der Waals surface area contributed by atoms with E-state index < -0.39 is 17.4 Å². The molecule has 0 unspecified atom stereocenters. The van der Waals surface area contributed by atoms with Crippen molar-refractivity contribution in [1.29, 1.82) is 0 Å². The highest BCUT2D eigenvalue weighted by molar-refractivity contribution is 5.98. The third-order valence-corrected chi connectivity index (χ3v) is 5.11. The van der Waals surface area contributed by atoms with Crippen molar-refractivity contribution in [3.8, 4) is 0 Å². The van der Waals surface area contributed by atoms with Gasteiger partial charge in [-0.1, -0.05) is 43.3 Å². The molecule has 1 aromatic heterocycles. The Balaban J connectivity index is 1.93. The number of fused-ring (bicyclic) bond motifs is 1. The molecule has 2 aromatic carbocycles. The number of benzene rings is 2. The van der Waals surface area contributed by atoms with Crippen molar-refractivity contribution in [2.24, 2.45) is 5.41 Å². The second kappa shape index (κ2) is 7.23. The van der Waals surface area contributed by atoms with Gasteiger partial charge in [0.05, 0.1) is 11.0 Å². The molecule has 3 rings (SSSR count). The van der Waals surface area contributed by atoms with Gasteiger partial charge in [0.2, 0.25) is 0 Å². The molecule has 2 N–H and O–H groups in total. The van der Waals surface area contributed by atoms with Crippen LogP contribution in [-0.2, 0) is 22.6 Å². The van der Waals surface area contributed by atoms with Crippen LogP contribution in [0, 0.1) is 12.3 Å². The lowest BCUT2D eigenvalue weighted by molar-refractivity contribution is -0.164. The fraction of sp³-hybridized carbons (Fsp3) is 0.286. The first-order valence-electron chi connectivity index (χ1n) is 8.84. The van der Waals surface area contributed by atoms with Gasteiger partial charge in [0, 0.05) is 6.54 Å². The molecule has 0 bridgehead atoms. The normalized spacial score (nSPS) is 11.6. The van der Waals surface area contributed by atoms with Gasteiger partial charge < -0.3 is 14.8 Å². The van der Waals surface area contributed by atoms with Crippen LogP contribution in [0.5, 0.6) is 0 Å². The summed E-state index contributed by atoms with van der Waals surface area (Å²) in [5, 5.41) is 19.0. The maximum absolute atomic E-state index is 11.6. The number of hydrogen-bond donors (Lipinski definition) is 2. The van der Waals surface area contributed by atoms with Gasteiger partial charge in [-0.15, -0.1) is 0 Å². The van der Waals surface area contributed by atoms with Gasteiger partial charge in [-0.3, -0.25) is 9.59 Å². The van der Waals surface area contributed by atoms with E-state index in [1.54, 1.807) is 13.0 Å². The third kappa shape index (κ3) is 3.43. The van der Waals surface area contributed by atoms with E-state index in [1.807, 2.05) is 49.4 Å². The first kappa shape index (κ1) is 18.6. The van der Waals surface area contributed by atoms with Gasteiger partial charge in [0.1, 0.15) is 5.82 Å².